The smallest absolute Gasteiger partial charge is 0.318 e. The number of methoxy groups -OCH3 is 1. The highest BCUT2D eigenvalue weighted by molar-refractivity contribution is 5.97. The number of carbonyl (C=O) groups is 2. The predicted octanol–water partition coefficient (Wildman–Crippen LogP) is 1.49. The summed E-state index contributed by atoms with van der Waals surface area (Å²) in [6.45, 7) is 4.54. The van der Waals surface area contributed by atoms with Crippen molar-refractivity contribution in [2.75, 3.05) is 13.7 Å². The molecule has 1 unspecified atom stereocenters. The van der Waals surface area contributed by atoms with Crippen molar-refractivity contribution in [3.05, 3.63) is 0 Å². The number of esters is 1. The van der Waals surface area contributed by atoms with Gasteiger partial charge in [-0.25, -0.2) is 0 Å². The molecule has 0 rings (SSSR count). The summed E-state index contributed by atoms with van der Waals surface area (Å²) in [4.78, 5) is 22.7. The molecule has 0 aromatic carbocycles. The fraction of sp³-hybridized carbons (Fsp3) is 0.818. The molecule has 4 nitrogen and oxygen atoms in total. The van der Waals surface area contributed by atoms with E-state index in [0.29, 0.717) is 13.0 Å². The van der Waals surface area contributed by atoms with E-state index in [0.717, 1.165) is 19.3 Å². The SMILES string of the molecule is CCCCCNC(=O)C(CC)C(=O)OC. The first-order valence-electron chi connectivity index (χ1n) is 5.52. The largest absolute Gasteiger partial charge is 0.468 e. The molecule has 0 saturated heterocycles. The van der Waals surface area contributed by atoms with Gasteiger partial charge in [-0.2, -0.15) is 0 Å². The number of hydrogen-bond acceptors (Lipinski definition) is 3. The van der Waals surface area contributed by atoms with Crippen LogP contribution < -0.4 is 5.32 Å². The number of unbranched alkanes of at least 4 members (excludes halogenated alkanes) is 2. The lowest BCUT2D eigenvalue weighted by atomic mass is 10.1. The van der Waals surface area contributed by atoms with E-state index in [1.54, 1.807) is 6.92 Å². The molecule has 1 atom stereocenters. The van der Waals surface area contributed by atoms with Crippen molar-refractivity contribution in [3.63, 3.8) is 0 Å². The Balaban J connectivity index is 3.89. The first kappa shape index (κ1) is 13.9. The molecular weight excluding hydrogens is 194 g/mol. The van der Waals surface area contributed by atoms with Crippen LogP contribution in [0.5, 0.6) is 0 Å². The van der Waals surface area contributed by atoms with Gasteiger partial charge in [0.15, 0.2) is 0 Å². The van der Waals surface area contributed by atoms with Gasteiger partial charge in [-0.05, 0) is 12.8 Å². The van der Waals surface area contributed by atoms with Gasteiger partial charge in [-0.3, -0.25) is 9.59 Å². The van der Waals surface area contributed by atoms with Crippen LogP contribution in [0.4, 0.5) is 0 Å². The zero-order chi connectivity index (χ0) is 11.7. The molecule has 0 saturated carbocycles. The molecule has 0 aliphatic carbocycles. The van der Waals surface area contributed by atoms with Gasteiger partial charge in [-0.1, -0.05) is 26.7 Å². The van der Waals surface area contributed by atoms with Crippen molar-refractivity contribution in [2.45, 2.75) is 39.5 Å². The van der Waals surface area contributed by atoms with Crippen LogP contribution in [0.15, 0.2) is 0 Å². The molecule has 0 heterocycles. The van der Waals surface area contributed by atoms with E-state index in [9.17, 15) is 9.59 Å². The van der Waals surface area contributed by atoms with Crippen molar-refractivity contribution in [2.24, 2.45) is 5.92 Å². The van der Waals surface area contributed by atoms with Crippen molar-refractivity contribution in [3.8, 4) is 0 Å². The number of hydrogen-bond donors (Lipinski definition) is 1. The molecule has 0 aromatic rings. The van der Waals surface area contributed by atoms with Crippen molar-refractivity contribution < 1.29 is 14.3 Å². The van der Waals surface area contributed by atoms with Gasteiger partial charge in [0.2, 0.25) is 5.91 Å². The average molecular weight is 215 g/mol. The zero-order valence-electron chi connectivity index (χ0n) is 9.84. The molecule has 4 heteroatoms. The number of carbonyl (C=O) groups excluding carboxylic acids is 2. The lowest BCUT2D eigenvalue weighted by molar-refractivity contribution is -0.150. The third-order valence-electron chi connectivity index (χ3n) is 2.29. The number of amides is 1. The Hall–Kier alpha value is -1.06. The van der Waals surface area contributed by atoms with Gasteiger partial charge < -0.3 is 10.1 Å². The summed E-state index contributed by atoms with van der Waals surface area (Å²) in [6, 6.07) is 0. The lowest BCUT2D eigenvalue weighted by Crippen LogP contribution is -2.36. The summed E-state index contributed by atoms with van der Waals surface area (Å²) in [6.07, 6.45) is 3.64. The topological polar surface area (TPSA) is 55.4 Å². The second kappa shape index (κ2) is 8.26. The van der Waals surface area contributed by atoms with Crippen LogP contribution in [0.1, 0.15) is 39.5 Å². The Morgan fingerprint density at radius 1 is 1.27 bits per heavy atom. The molecule has 0 spiro atoms. The third-order valence-corrected chi connectivity index (χ3v) is 2.29. The van der Waals surface area contributed by atoms with Gasteiger partial charge in [0.25, 0.3) is 0 Å². The molecule has 1 amide bonds. The Labute approximate surface area is 91.4 Å². The highest BCUT2D eigenvalue weighted by Crippen LogP contribution is 2.05. The molecule has 1 N–H and O–H groups in total. The lowest BCUT2D eigenvalue weighted by Gasteiger charge is -2.12. The van der Waals surface area contributed by atoms with Crippen LogP contribution in [0.25, 0.3) is 0 Å². The van der Waals surface area contributed by atoms with Crippen molar-refractivity contribution in [1.82, 2.24) is 5.32 Å². The maximum atomic E-state index is 11.5. The van der Waals surface area contributed by atoms with Gasteiger partial charge in [0, 0.05) is 6.54 Å². The third kappa shape index (κ3) is 5.40. The molecule has 0 bridgehead atoms. The molecule has 88 valence electrons. The summed E-state index contributed by atoms with van der Waals surface area (Å²) in [5, 5.41) is 2.74. The van der Waals surface area contributed by atoms with E-state index in [-0.39, 0.29) is 5.91 Å². The Kier molecular flexibility index (Phi) is 7.68. The van der Waals surface area contributed by atoms with E-state index < -0.39 is 11.9 Å². The minimum atomic E-state index is -0.656. The van der Waals surface area contributed by atoms with E-state index >= 15 is 0 Å². The maximum absolute atomic E-state index is 11.5. The van der Waals surface area contributed by atoms with Gasteiger partial charge in [0.1, 0.15) is 5.92 Å². The maximum Gasteiger partial charge on any atom is 0.318 e. The highest BCUT2D eigenvalue weighted by atomic mass is 16.5. The van der Waals surface area contributed by atoms with Gasteiger partial charge in [-0.15, -0.1) is 0 Å². The molecule has 0 aliphatic rings. The fourth-order valence-electron chi connectivity index (χ4n) is 1.31. The summed E-state index contributed by atoms with van der Waals surface area (Å²) < 4.78 is 4.55. The summed E-state index contributed by atoms with van der Waals surface area (Å²) >= 11 is 0. The molecule has 15 heavy (non-hydrogen) atoms. The highest BCUT2D eigenvalue weighted by Gasteiger charge is 2.24. The average Bonchev–Trinajstić information content (AvgIpc) is 2.25. The first-order chi connectivity index (χ1) is 7.17. The van der Waals surface area contributed by atoms with Crippen LogP contribution in [-0.4, -0.2) is 25.5 Å². The Morgan fingerprint density at radius 2 is 1.93 bits per heavy atom. The molecule has 0 aliphatic heterocycles. The molecule has 0 aromatic heterocycles. The van der Waals surface area contributed by atoms with Crippen LogP contribution in [0.3, 0.4) is 0 Å². The Bertz CT molecular complexity index is 204. The summed E-state index contributed by atoms with van der Waals surface area (Å²) in [5.41, 5.74) is 0. The summed E-state index contributed by atoms with van der Waals surface area (Å²) in [5.74, 6) is -1.33. The van der Waals surface area contributed by atoms with E-state index in [1.165, 1.54) is 7.11 Å². The van der Waals surface area contributed by atoms with Crippen molar-refractivity contribution in [1.29, 1.82) is 0 Å². The monoisotopic (exact) mass is 215 g/mol. The normalized spacial score (nSPS) is 11.9. The molecular formula is C11H21NO3. The second-order valence-electron chi connectivity index (χ2n) is 3.48. The standard InChI is InChI=1S/C11H21NO3/c1-4-6-7-8-12-10(13)9(5-2)11(14)15-3/h9H,4-8H2,1-3H3,(H,12,13). The molecule has 0 radical (unpaired) electrons. The molecule has 0 fully saturated rings. The quantitative estimate of drug-likeness (QED) is 0.398. The van der Waals surface area contributed by atoms with Crippen LogP contribution in [-0.2, 0) is 14.3 Å². The predicted molar refractivity (Wildman–Crippen MR) is 58.3 cm³/mol. The van der Waals surface area contributed by atoms with Crippen molar-refractivity contribution >= 4 is 11.9 Å². The van der Waals surface area contributed by atoms with Crippen LogP contribution >= 0.6 is 0 Å². The number of nitrogens with one attached hydrogen (secondary N) is 1. The minimum Gasteiger partial charge on any atom is -0.468 e. The van der Waals surface area contributed by atoms with E-state index in [4.69, 9.17) is 0 Å². The Morgan fingerprint density at radius 3 is 2.40 bits per heavy atom. The zero-order valence-corrected chi connectivity index (χ0v) is 9.84. The van der Waals surface area contributed by atoms with E-state index in [2.05, 4.69) is 17.0 Å². The number of ether oxygens (including phenoxy) is 1. The first-order valence-corrected chi connectivity index (χ1v) is 5.52. The van der Waals surface area contributed by atoms with Gasteiger partial charge in [0.05, 0.1) is 7.11 Å². The second-order valence-corrected chi connectivity index (χ2v) is 3.48. The van der Waals surface area contributed by atoms with Gasteiger partial charge >= 0.3 is 5.97 Å². The van der Waals surface area contributed by atoms with Crippen LogP contribution in [0.2, 0.25) is 0 Å². The van der Waals surface area contributed by atoms with E-state index in [1.807, 2.05) is 0 Å². The minimum absolute atomic E-state index is 0.222. The number of rotatable bonds is 7. The van der Waals surface area contributed by atoms with Crippen LogP contribution in [0, 0.1) is 5.92 Å². The fourth-order valence-corrected chi connectivity index (χ4v) is 1.31. The summed E-state index contributed by atoms with van der Waals surface area (Å²) in [7, 11) is 1.30.